The summed E-state index contributed by atoms with van der Waals surface area (Å²) in [7, 11) is 1.39. The Balaban J connectivity index is 4.50. The van der Waals surface area contributed by atoms with Crippen molar-refractivity contribution in [2.75, 3.05) is 7.05 Å². The number of amides is 3. The average Bonchev–Trinajstić information content (AvgIpc) is 2.23. The first kappa shape index (κ1) is 12.3. The molecule has 0 heterocycles. The Morgan fingerprint density at radius 3 is 2.29 bits per heavy atom. The van der Waals surface area contributed by atoms with Gasteiger partial charge in [-0.2, -0.15) is 0 Å². The average molecular weight is 200 g/mol. The van der Waals surface area contributed by atoms with Gasteiger partial charge in [0.05, 0.1) is 0 Å². The van der Waals surface area contributed by atoms with Gasteiger partial charge in [-0.1, -0.05) is 0 Å². The Labute approximate surface area is 81.2 Å². The van der Waals surface area contributed by atoms with Gasteiger partial charge in [-0.05, 0) is 6.42 Å². The predicted octanol–water partition coefficient (Wildman–Crippen LogP) is -1.31. The number of hydrogen-bond donors (Lipinski definition) is 1. The number of carbonyl (C=O) groups is 4. The van der Waals surface area contributed by atoms with Gasteiger partial charge >= 0.3 is 0 Å². The highest BCUT2D eigenvalue weighted by Gasteiger charge is 2.22. The second-order valence-corrected chi connectivity index (χ2v) is 2.53. The summed E-state index contributed by atoms with van der Waals surface area (Å²) in [5.41, 5.74) is 0. The Morgan fingerprint density at radius 1 is 1.36 bits per heavy atom. The van der Waals surface area contributed by atoms with E-state index in [0.29, 0.717) is 11.2 Å². The van der Waals surface area contributed by atoms with Crippen LogP contribution in [0.15, 0.2) is 0 Å². The number of aldehydes is 1. The van der Waals surface area contributed by atoms with Crippen molar-refractivity contribution < 1.29 is 19.2 Å². The SMILES string of the molecule is CNC(=O)C(CCC=O)N(C=O)C=O. The van der Waals surface area contributed by atoms with E-state index < -0.39 is 11.9 Å². The molecule has 0 aromatic carbocycles. The van der Waals surface area contributed by atoms with Crippen LogP contribution in [0.2, 0.25) is 0 Å². The van der Waals surface area contributed by atoms with Crippen LogP contribution >= 0.6 is 0 Å². The highest BCUT2D eigenvalue weighted by molar-refractivity contribution is 5.87. The quantitative estimate of drug-likeness (QED) is 0.517. The van der Waals surface area contributed by atoms with Gasteiger partial charge in [0.2, 0.25) is 18.7 Å². The zero-order valence-electron chi connectivity index (χ0n) is 7.80. The lowest BCUT2D eigenvalue weighted by atomic mass is 10.1. The zero-order valence-corrected chi connectivity index (χ0v) is 7.80. The van der Waals surface area contributed by atoms with Crippen LogP contribution in [0.25, 0.3) is 0 Å². The maximum atomic E-state index is 11.2. The minimum absolute atomic E-state index is 0.121. The van der Waals surface area contributed by atoms with Gasteiger partial charge in [0, 0.05) is 13.5 Å². The van der Waals surface area contributed by atoms with E-state index >= 15 is 0 Å². The summed E-state index contributed by atoms with van der Waals surface area (Å²) >= 11 is 0. The summed E-state index contributed by atoms with van der Waals surface area (Å²) < 4.78 is 0. The third kappa shape index (κ3) is 3.34. The number of likely N-dealkylation sites (N-methyl/N-ethyl adjacent to an activating group) is 1. The number of rotatable bonds is 7. The Kier molecular flexibility index (Phi) is 5.93. The molecule has 0 radical (unpaired) electrons. The number of nitrogens with one attached hydrogen (secondary N) is 1. The van der Waals surface area contributed by atoms with Crippen LogP contribution in [0, 0.1) is 0 Å². The molecule has 1 N–H and O–H groups in total. The lowest BCUT2D eigenvalue weighted by Gasteiger charge is -2.20. The van der Waals surface area contributed by atoms with Crippen LogP contribution in [0.4, 0.5) is 0 Å². The molecule has 14 heavy (non-hydrogen) atoms. The molecule has 0 bridgehead atoms. The van der Waals surface area contributed by atoms with Gasteiger partial charge < -0.3 is 10.1 Å². The van der Waals surface area contributed by atoms with Crippen LogP contribution in [0.1, 0.15) is 12.8 Å². The summed E-state index contributed by atoms with van der Waals surface area (Å²) in [6.07, 6.45) is 1.41. The summed E-state index contributed by atoms with van der Waals surface area (Å²) in [6, 6.07) is -0.903. The molecule has 0 aliphatic carbocycles. The lowest BCUT2D eigenvalue weighted by molar-refractivity contribution is -0.140. The van der Waals surface area contributed by atoms with E-state index in [-0.39, 0.29) is 25.7 Å². The van der Waals surface area contributed by atoms with Gasteiger partial charge in [-0.25, -0.2) is 0 Å². The minimum atomic E-state index is -0.903. The van der Waals surface area contributed by atoms with Gasteiger partial charge in [-0.3, -0.25) is 19.3 Å². The monoisotopic (exact) mass is 200 g/mol. The molecule has 6 nitrogen and oxygen atoms in total. The summed E-state index contributed by atoms with van der Waals surface area (Å²) in [4.78, 5) is 42.8. The molecule has 1 unspecified atom stereocenters. The van der Waals surface area contributed by atoms with E-state index in [0.717, 1.165) is 0 Å². The Bertz CT molecular complexity index is 221. The van der Waals surface area contributed by atoms with Crippen molar-refractivity contribution in [1.82, 2.24) is 10.2 Å². The number of nitrogens with zero attached hydrogens (tertiary/aromatic N) is 1. The molecule has 0 rings (SSSR count). The van der Waals surface area contributed by atoms with Gasteiger partial charge in [0.25, 0.3) is 0 Å². The molecular weight excluding hydrogens is 188 g/mol. The van der Waals surface area contributed by atoms with Crippen LogP contribution in [-0.2, 0) is 19.2 Å². The van der Waals surface area contributed by atoms with E-state index in [4.69, 9.17) is 0 Å². The minimum Gasteiger partial charge on any atom is -0.357 e. The number of imide groups is 1. The molecule has 3 amide bonds. The van der Waals surface area contributed by atoms with Crippen LogP contribution in [0.5, 0.6) is 0 Å². The first-order chi connectivity index (χ1) is 6.71. The van der Waals surface area contributed by atoms with E-state index in [2.05, 4.69) is 5.32 Å². The summed E-state index contributed by atoms with van der Waals surface area (Å²) in [5.74, 6) is -0.467. The molecule has 0 aromatic heterocycles. The largest absolute Gasteiger partial charge is 0.357 e. The van der Waals surface area contributed by atoms with Gasteiger partial charge in [0.15, 0.2) is 0 Å². The standard InChI is InChI=1S/C8H12N2O4/c1-9-8(14)7(3-2-4-11)10(5-12)6-13/h4-7H,2-3H2,1H3,(H,9,14). The molecule has 0 aliphatic heterocycles. The second kappa shape index (κ2) is 6.76. The Morgan fingerprint density at radius 2 is 1.93 bits per heavy atom. The first-order valence-corrected chi connectivity index (χ1v) is 4.04. The smallest absolute Gasteiger partial charge is 0.243 e. The summed E-state index contributed by atoms with van der Waals surface area (Å²) in [5, 5.41) is 2.31. The van der Waals surface area contributed by atoms with Crippen molar-refractivity contribution in [2.24, 2.45) is 0 Å². The zero-order chi connectivity index (χ0) is 11.0. The molecule has 0 saturated carbocycles. The molecule has 6 heteroatoms. The third-order valence-electron chi connectivity index (χ3n) is 1.71. The molecule has 0 aromatic rings. The summed E-state index contributed by atoms with van der Waals surface area (Å²) in [6.45, 7) is 0. The van der Waals surface area contributed by atoms with E-state index in [1.54, 1.807) is 0 Å². The normalized spacial score (nSPS) is 11.2. The molecule has 0 fully saturated rings. The van der Waals surface area contributed by atoms with E-state index in [9.17, 15) is 19.2 Å². The van der Waals surface area contributed by atoms with E-state index in [1.165, 1.54) is 7.05 Å². The van der Waals surface area contributed by atoms with Crippen LogP contribution in [-0.4, -0.2) is 43.0 Å². The Hall–Kier alpha value is -1.72. The van der Waals surface area contributed by atoms with Crippen molar-refractivity contribution in [2.45, 2.75) is 18.9 Å². The third-order valence-corrected chi connectivity index (χ3v) is 1.71. The number of carbonyl (C=O) groups excluding carboxylic acids is 4. The fraction of sp³-hybridized carbons (Fsp3) is 0.500. The maximum Gasteiger partial charge on any atom is 0.243 e. The molecule has 1 atom stereocenters. The number of hydrogen-bond acceptors (Lipinski definition) is 4. The fourth-order valence-electron chi connectivity index (χ4n) is 0.980. The van der Waals surface area contributed by atoms with E-state index in [1.807, 2.05) is 0 Å². The molecule has 78 valence electrons. The van der Waals surface area contributed by atoms with Crippen LogP contribution in [0.3, 0.4) is 0 Å². The predicted molar refractivity (Wildman–Crippen MR) is 47.1 cm³/mol. The van der Waals surface area contributed by atoms with Gasteiger partial charge in [-0.15, -0.1) is 0 Å². The molecular formula is C8H12N2O4. The molecule has 0 saturated heterocycles. The second-order valence-electron chi connectivity index (χ2n) is 2.53. The fourth-order valence-corrected chi connectivity index (χ4v) is 0.980. The van der Waals surface area contributed by atoms with Crippen molar-refractivity contribution >= 4 is 25.0 Å². The van der Waals surface area contributed by atoms with Gasteiger partial charge in [0.1, 0.15) is 12.3 Å². The molecule has 0 aliphatic rings. The lowest BCUT2D eigenvalue weighted by Crippen LogP contribution is -2.44. The maximum absolute atomic E-state index is 11.2. The van der Waals surface area contributed by atoms with Crippen LogP contribution < -0.4 is 5.32 Å². The highest BCUT2D eigenvalue weighted by atomic mass is 16.2. The van der Waals surface area contributed by atoms with Crippen molar-refractivity contribution in [3.63, 3.8) is 0 Å². The first-order valence-electron chi connectivity index (χ1n) is 4.04. The van der Waals surface area contributed by atoms with Crippen molar-refractivity contribution in [3.05, 3.63) is 0 Å². The van der Waals surface area contributed by atoms with Crippen molar-refractivity contribution in [3.8, 4) is 0 Å². The molecule has 0 spiro atoms. The van der Waals surface area contributed by atoms with Crippen molar-refractivity contribution in [1.29, 1.82) is 0 Å². The topological polar surface area (TPSA) is 83.6 Å². The highest BCUT2D eigenvalue weighted by Crippen LogP contribution is 2.02.